The van der Waals surface area contributed by atoms with Crippen LogP contribution in [0.3, 0.4) is 0 Å². The molecule has 4 aromatic rings. The van der Waals surface area contributed by atoms with Gasteiger partial charge < -0.3 is 9.73 Å². The molecule has 0 aliphatic carbocycles. The van der Waals surface area contributed by atoms with Gasteiger partial charge in [0, 0.05) is 11.4 Å². The highest BCUT2D eigenvalue weighted by Crippen LogP contribution is 2.25. The summed E-state index contributed by atoms with van der Waals surface area (Å²) in [5.74, 6) is 0.742. The highest BCUT2D eigenvalue weighted by atomic mass is 32.2. The molecule has 0 unspecified atom stereocenters. The van der Waals surface area contributed by atoms with Gasteiger partial charge in [-0.25, -0.2) is 9.37 Å². The average Bonchev–Trinajstić information content (AvgIpc) is 3.35. The molecule has 2 aromatic heterocycles. The number of hydrogen-bond donors (Lipinski definition) is 1. The van der Waals surface area contributed by atoms with Crippen LogP contribution < -0.4 is 5.32 Å². The first kappa shape index (κ1) is 19.8. The number of carbonyl (C=O) groups excluding carboxylic acids is 1. The predicted molar refractivity (Wildman–Crippen MR) is 111 cm³/mol. The maximum Gasteiger partial charge on any atom is 0.277 e. The summed E-state index contributed by atoms with van der Waals surface area (Å²) in [6.07, 6.45) is 1.30. The van der Waals surface area contributed by atoms with E-state index < -0.39 is 5.91 Å². The zero-order valence-electron chi connectivity index (χ0n) is 16.3. The number of amides is 1. The van der Waals surface area contributed by atoms with E-state index in [1.807, 2.05) is 36.6 Å². The van der Waals surface area contributed by atoms with Crippen LogP contribution in [-0.2, 0) is 5.75 Å². The Bertz CT molecular complexity index is 1190. The van der Waals surface area contributed by atoms with Gasteiger partial charge in [-0.2, -0.15) is 0 Å². The molecule has 0 aliphatic heterocycles. The average molecular weight is 423 g/mol. The van der Waals surface area contributed by atoms with Crippen LogP contribution in [0.15, 0.2) is 64.4 Å². The summed E-state index contributed by atoms with van der Waals surface area (Å²) in [7, 11) is 0. The number of benzene rings is 2. The second-order valence-electron chi connectivity index (χ2n) is 6.58. The molecule has 0 spiro atoms. The number of thioether (sulfide) groups is 1. The van der Waals surface area contributed by atoms with E-state index in [2.05, 4.69) is 26.6 Å². The molecule has 0 saturated heterocycles. The maximum absolute atomic E-state index is 13.0. The first-order chi connectivity index (χ1) is 14.5. The fourth-order valence-corrected chi connectivity index (χ4v) is 3.69. The lowest BCUT2D eigenvalue weighted by atomic mass is 10.2. The van der Waals surface area contributed by atoms with E-state index in [9.17, 15) is 9.18 Å². The van der Waals surface area contributed by atoms with Crippen molar-refractivity contribution in [3.05, 3.63) is 83.6 Å². The first-order valence-corrected chi connectivity index (χ1v) is 10.1. The number of nitrogens with one attached hydrogen (secondary N) is 1. The first-order valence-electron chi connectivity index (χ1n) is 9.13. The van der Waals surface area contributed by atoms with Gasteiger partial charge in [0.2, 0.25) is 5.89 Å². The normalized spacial score (nSPS) is 10.9. The molecule has 0 atom stereocenters. The Morgan fingerprint density at radius 1 is 1.17 bits per heavy atom. The molecule has 0 saturated carbocycles. The Labute approximate surface area is 176 Å². The molecule has 0 aliphatic rings. The van der Waals surface area contributed by atoms with Crippen molar-refractivity contribution in [2.45, 2.75) is 24.8 Å². The molecule has 7 nitrogen and oxygen atoms in total. The van der Waals surface area contributed by atoms with Crippen molar-refractivity contribution in [3.63, 3.8) is 0 Å². The number of anilines is 1. The largest absolute Gasteiger partial charge is 0.447 e. The Balaban J connectivity index is 1.44. The van der Waals surface area contributed by atoms with Crippen molar-refractivity contribution in [2.75, 3.05) is 5.32 Å². The molecule has 1 amide bonds. The molecule has 2 heterocycles. The van der Waals surface area contributed by atoms with Crippen LogP contribution in [0.1, 0.15) is 27.8 Å². The van der Waals surface area contributed by atoms with Crippen molar-refractivity contribution in [1.29, 1.82) is 0 Å². The van der Waals surface area contributed by atoms with Gasteiger partial charge >= 0.3 is 0 Å². The van der Waals surface area contributed by atoms with E-state index in [4.69, 9.17) is 4.42 Å². The summed E-state index contributed by atoms with van der Waals surface area (Å²) < 4.78 is 20.4. The monoisotopic (exact) mass is 423 g/mol. The third-order valence-corrected chi connectivity index (χ3v) is 5.18. The predicted octanol–water partition coefficient (Wildman–Crippen LogP) is 4.56. The minimum absolute atomic E-state index is 0.145. The van der Waals surface area contributed by atoms with Crippen LogP contribution in [-0.4, -0.2) is 25.7 Å². The van der Waals surface area contributed by atoms with Crippen molar-refractivity contribution in [3.8, 4) is 5.69 Å². The van der Waals surface area contributed by atoms with Gasteiger partial charge in [0.25, 0.3) is 5.91 Å². The number of aryl methyl sites for hydroxylation is 2. The van der Waals surface area contributed by atoms with E-state index in [1.54, 1.807) is 0 Å². The lowest BCUT2D eigenvalue weighted by molar-refractivity contribution is 0.102. The summed E-state index contributed by atoms with van der Waals surface area (Å²) in [4.78, 5) is 16.5. The zero-order chi connectivity index (χ0) is 21.1. The minimum Gasteiger partial charge on any atom is -0.447 e. The molecular weight excluding hydrogens is 405 g/mol. The van der Waals surface area contributed by atoms with Crippen LogP contribution in [0.2, 0.25) is 0 Å². The second kappa shape index (κ2) is 8.50. The standard InChI is InChI=1S/C21H18FN5O2S/c1-13-4-3-5-17(10-13)27-14(2)25-26-21(27)30-12-19-24-18(11-29-19)20(28)23-16-8-6-15(22)7-9-16/h3-11H,12H2,1-2H3,(H,23,28). The Hall–Kier alpha value is -3.46. The third-order valence-electron chi connectivity index (χ3n) is 4.27. The third kappa shape index (κ3) is 4.41. The summed E-state index contributed by atoms with van der Waals surface area (Å²) in [5.41, 5.74) is 2.74. The lowest BCUT2D eigenvalue weighted by Crippen LogP contribution is -2.12. The maximum atomic E-state index is 13.0. The van der Waals surface area contributed by atoms with E-state index in [0.717, 1.165) is 17.1 Å². The molecule has 2 aromatic carbocycles. The van der Waals surface area contributed by atoms with Gasteiger partial charge in [-0.1, -0.05) is 23.9 Å². The van der Waals surface area contributed by atoms with Gasteiger partial charge in [0.1, 0.15) is 17.9 Å². The van der Waals surface area contributed by atoms with E-state index in [1.165, 1.54) is 42.3 Å². The Kier molecular flexibility index (Phi) is 5.62. The fraction of sp³-hybridized carbons (Fsp3) is 0.143. The second-order valence-corrected chi connectivity index (χ2v) is 7.52. The number of carbonyl (C=O) groups is 1. The molecule has 30 heavy (non-hydrogen) atoms. The topological polar surface area (TPSA) is 85.8 Å². The quantitative estimate of drug-likeness (QED) is 0.458. The molecule has 152 valence electrons. The molecule has 9 heteroatoms. The van der Waals surface area contributed by atoms with Crippen LogP contribution in [0.4, 0.5) is 10.1 Å². The van der Waals surface area contributed by atoms with E-state index in [-0.39, 0.29) is 11.5 Å². The van der Waals surface area contributed by atoms with Crippen molar-refractivity contribution in [2.24, 2.45) is 0 Å². The molecular formula is C21H18FN5O2S. The number of aromatic nitrogens is 4. The van der Waals surface area contributed by atoms with Crippen LogP contribution >= 0.6 is 11.8 Å². The minimum atomic E-state index is -0.430. The lowest BCUT2D eigenvalue weighted by Gasteiger charge is -2.08. The fourth-order valence-electron chi connectivity index (χ4n) is 2.84. The van der Waals surface area contributed by atoms with Crippen LogP contribution in [0.5, 0.6) is 0 Å². The summed E-state index contributed by atoms with van der Waals surface area (Å²) in [6.45, 7) is 3.92. The Morgan fingerprint density at radius 2 is 1.97 bits per heavy atom. The molecule has 0 fully saturated rings. The smallest absolute Gasteiger partial charge is 0.277 e. The van der Waals surface area contributed by atoms with Gasteiger partial charge in [-0.3, -0.25) is 9.36 Å². The number of oxazole rings is 1. The SMILES string of the molecule is Cc1cccc(-n2c(C)nnc2SCc2nc(C(=O)Nc3ccc(F)cc3)co2)c1. The molecule has 0 radical (unpaired) electrons. The molecule has 0 bridgehead atoms. The van der Waals surface area contributed by atoms with Gasteiger partial charge in [-0.15, -0.1) is 10.2 Å². The van der Waals surface area contributed by atoms with Crippen molar-refractivity contribution >= 4 is 23.4 Å². The van der Waals surface area contributed by atoms with Crippen molar-refractivity contribution < 1.29 is 13.6 Å². The molecule has 1 N–H and O–H groups in total. The van der Waals surface area contributed by atoms with Gasteiger partial charge in [-0.05, 0) is 55.8 Å². The van der Waals surface area contributed by atoms with Crippen LogP contribution in [0.25, 0.3) is 5.69 Å². The zero-order valence-corrected chi connectivity index (χ0v) is 17.1. The molecule has 4 rings (SSSR count). The van der Waals surface area contributed by atoms with Crippen LogP contribution in [0, 0.1) is 19.7 Å². The summed E-state index contributed by atoms with van der Waals surface area (Å²) in [5, 5.41) is 11.8. The summed E-state index contributed by atoms with van der Waals surface area (Å²) >= 11 is 1.41. The van der Waals surface area contributed by atoms with Gasteiger partial charge in [0.05, 0.1) is 5.75 Å². The summed E-state index contributed by atoms with van der Waals surface area (Å²) in [6, 6.07) is 13.6. The highest BCUT2D eigenvalue weighted by molar-refractivity contribution is 7.98. The highest BCUT2D eigenvalue weighted by Gasteiger charge is 2.16. The van der Waals surface area contributed by atoms with E-state index >= 15 is 0 Å². The number of hydrogen-bond acceptors (Lipinski definition) is 6. The number of rotatable bonds is 6. The van der Waals surface area contributed by atoms with E-state index in [0.29, 0.717) is 22.5 Å². The number of nitrogens with zero attached hydrogens (tertiary/aromatic N) is 4. The number of halogens is 1. The van der Waals surface area contributed by atoms with Gasteiger partial charge in [0.15, 0.2) is 10.9 Å². The van der Waals surface area contributed by atoms with Crippen molar-refractivity contribution in [1.82, 2.24) is 19.7 Å². The Morgan fingerprint density at radius 3 is 2.73 bits per heavy atom.